The highest BCUT2D eigenvalue weighted by molar-refractivity contribution is 5.99. The Labute approximate surface area is 141 Å². The van der Waals surface area contributed by atoms with Crippen LogP contribution in [0.4, 0.5) is 4.39 Å². The largest absolute Gasteiger partial charge is 0.466 e. The minimum absolute atomic E-state index is 0.176. The van der Waals surface area contributed by atoms with Crippen LogP contribution in [0.3, 0.4) is 0 Å². The summed E-state index contributed by atoms with van der Waals surface area (Å²) in [5.41, 5.74) is 0.549. The molecule has 1 aromatic rings. The molecule has 0 fully saturated rings. The lowest BCUT2D eigenvalue weighted by Crippen LogP contribution is -2.28. The van der Waals surface area contributed by atoms with Crippen LogP contribution in [0.2, 0.25) is 0 Å². The monoisotopic (exact) mass is 340 g/mol. The molecule has 134 valence electrons. The van der Waals surface area contributed by atoms with E-state index in [0.29, 0.717) is 12.0 Å². The lowest BCUT2D eigenvalue weighted by Gasteiger charge is -2.25. The standard InChI is InChI=1S/C18H25FO5/c1-3-16(21)13(11-20)9-15(12-5-7-14(19)8-6-12)17(22)10-18(23)24-4-2/h5-8,13,15-16,20-21H,3-4,9-11H2,1-2H3. The van der Waals surface area contributed by atoms with Crippen molar-refractivity contribution in [3.05, 3.63) is 35.6 Å². The number of halogens is 1. The van der Waals surface area contributed by atoms with E-state index in [1.54, 1.807) is 13.8 Å². The van der Waals surface area contributed by atoms with Crippen molar-refractivity contribution in [3.8, 4) is 0 Å². The van der Waals surface area contributed by atoms with Gasteiger partial charge < -0.3 is 14.9 Å². The highest BCUT2D eigenvalue weighted by Gasteiger charge is 2.29. The summed E-state index contributed by atoms with van der Waals surface area (Å²) < 4.78 is 17.9. The first-order valence-electron chi connectivity index (χ1n) is 8.15. The molecule has 24 heavy (non-hydrogen) atoms. The van der Waals surface area contributed by atoms with Crippen molar-refractivity contribution in [2.75, 3.05) is 13.2 Å². The van der Waals surface area contributed by atoms with Gasteiger partial charge in [0.25, 0.3) is 0 Å². The molecule has 2 N–H and O–H groups in total. The molecule has 1 rings (SSSR count). The fourth-order valence-corrected chi connectivity index (χ4v) is 2.62. The first kappa shape index (κ1) is 20.3. The van der Waals surface area contributed by atoms with Gasteiger partial charge in [0.2, 0.25) is 0 Å². The van der Waals surface area contributed by atoms with Crippen LogP contribution in [-0.4, -0.2) is 41.3 Å². The van der Waals surface area contributed by atoms with Gasteiger partial charge in [-0.25, -0.2) is 4.39 Å². The summed E-state index contributed by atoms with van der Waals surface area (Å²) in [6.07, 6.45) is -0.535. The second-order valence-electron chi connectivity index (χ2n) is 5.71. The van der Waals surface area contributed by atoms with E-state index in [1.807, 2.05) is 0 Å². The molecule has 0 aliphatic rings. The molecule has 0 heterocycles. The number of benzene rings is 1. The van der Waals surface area contributed by atoms with E-state index in [2.05, 4.69) is 0 Å². The predicted molar refractivity (Wildman–Crippen MR) is 86.9 cm³/mol. The topological polar surface area (TPSA) is 83.8 Å². The summed E-state index contributed by atoms with van der Waals surface area (Å²) in [4.78, 5) is 24.1. The molecule has 6 heteroatoms. The zero-order chi connectivity index (χ0) is 18.1. The summed E-state index contributed by atoms with van der Waals surface area (Å²) in [6, 6.07) is 5.44. The second kappa shape index (κ2) is 10.2. The Kier molecular flexibility index (Phi) is 8.57. The van der Waals surface area contributed by atoms with E-state index in [1.165, 1.54) is 24.3 Å². The number of aliphatic hydroxyl groups is 2. The van der Waals surface area contributed by atoms with E-state index < -0.39 is 36.1 Å². The molecule has 0 aliphatic carbocycles. The van der Waals surface area contributed by atoms with Crippen molar-refractivity contribution < 1.29 is 28.9 Å². The molecule has 0 saturated heterocycles. The average molecular weight is 340 g/mol. The fraction of sp³-hybridized carbons (Fsp3) is 0.556. The normalized spacial score (nSPS) is 14.7. The van der Waals surface area contributed by atoms with Gasteiger partial charge in [-0.15, -0.1) is 0 Å². The Morgan fingerprint density at radius 2 is 1.83 bits per heavy atom. The van der Waals surface area contributed by atoms with Crippen LogP contribution >= 0.6 is 0 Å². The third kappa shape index (κ3) is 6.02. The van der Waals surface area contributed by atoms with Crippen LogP contribution in [-0.2, 0) is 14.3 Å². The molecule has 0 aromatic heterocycles. The van der Waals surface area contributed by atoms with Gasteiger partial charge >= 0.3 is 5.97 Å². The molecule has 0 radical (unpaired) electrons. The third-order valence-electron chi connectivity index (χ3n) is 4.02. The molecular weight excluding hydrogens is 315 g/mol. The van der Waals surface area contributed by atoms with Gasteiger partial charge in [-0.3, -0.25) is 9.59 Å². The first-order chi connectivity index (χ1) is 11.4. The molecule has 0 saturated carbocycles. The smallest absolute Gasteiger partial charge is 0.313 e. The van der Waals surface area contributed by atoms with Crippen LogP contribution in [0.1, 0.15) is 44.6 Å². The summed E-state index contributed by atoms with van der Waals surface area (Å²) in [5.74, 6) is -2.64. The number of esters is 1. The molecule has 5 nitrogen and oxygen atoms in total. The van der Waals surface area contributed by atoms with Gasteiger partial charge in [-0.05, 0) is 37.5 Å². The fourth-order valence-electron chi connectivity index (χ4n) is 2.62. The quantitative estimate of drug-likeness (QED) is 0.504. The zero-order valence-electron chi connectivity index (χ0n) is 14.1. The van der Waals surface area contributed by atoms with Crippen LogP contribution in [0.15, 0.2) is 24.3 Å². The molecule has 0 spiro atoms. The number of carbonyl (C=O) groups is 2. The van der Waals surface area contributed by atoms with Crippen molar-refractivity contribution in [2.24, 2.45) is 5.92 Å². The van der Waals surface area contributed by atoms with Gasteiger partial charge in [0.05, 0.1) is 12.7 Å². The van der Waals surface area contributed by atoms with Crippen LogP contribution in [0.25, 0.3) is 0 Å². The number of hydrogen-bond donors (Lipinski definition) is 2. The number of Topliss-reactive ketones (excluding diaryl/α,β-unsaturated/α-hetero) is 1. The predicted octanol–water partition coefficient (Wildman–Crippen LogP) is 2.20. The highest BCUT2D eigenvalue weighted by atomic mass is 19.1. The summed E-state index contributed by atoms with van der Waals surface area (Å²) in [7, 11) is 0. The zero-order valence-corrected chi connectivity index (χ0v) is 14.1. The number of rotatable bonds is 10. The summed E-state index contributed by atoms with van der Waals surface area (Å²) in [5, 5.41) is 19.5. The molecule has 3 atom stereocenters. The third-order valence-corrected chi connectivity index (χ3v) is 4.02. The van der Waals surface area contributed by atoms with Crippen molar-refractivity contribution in [1.82, 2.24) is 0 Å². The molecule has 1 aromatic carbocycles. The van der Waals surface area contributed by atoms with Gasteiger partial charge in [0, 0.05) is 18.4 Å². The second-order valence-corrected chi connectivity index (χ2v) is 5.71. The molecule has 0 amide bonds. The number of ketones is 1. The molecule has 3 unspecified atom stereocenters. The number of carbonyl (C=O) groups excluding carboxylic acids is 2. The lowest BCUT2D eigenvalue weighted by molar-refractivity contribution is -0.145. The van der Waals surface area contributed by atoms with E-state index in [-0.39, 0.29) is 25.4 Å². The first-order valence-corrected chi connectivity index (χ1v) is 8.15. The van der Waals surface area contributed by atoms with Gasteiger partial charge in [0.1, 0.15) is 12.2 Å². The molecular formula is C18H25FO5. The van der Waals surface area contributed by atoms with E-state index >= 15 is 0 Å². The SMILES string of the molecule is CCOC(=O)CC(=O)C(CC(CO)C(O)CC)c1ccc(F)cc1. The van der Waals surface area contributed by atoms with Crippen molar-refractivity contribution in [2.45, 2.75) is 45.1 Å². The van der Waals surface area contributed by atoms with Crippen LogP contribution in [0.5, 0.6) is 0 Å². The van der Waals surface area contributed by atoms with Gasteiger partial charge in [-0.2, -0.15) is 0 Å². The van der Waals surface area contributed by atoms with Crippen molar-refractivity contribution in [1.29, 1.82) is 0 Å². The van der Waals surface area contributed by atoms with Crippen molar-refractivity contribution in [3.63, 3.8) is 0 Å². The van der Waals surface area contributed by atoms with Crippen LogP contribution in [0, 0.1) is 11.7 Å². The van der Waals surface area contributed by atoms with Crippen molar-refractivity contribution >= 4 is 11.8 Å². The van der Waals surface area contributed by atoms with Crippen LogP contribution < -0.4 is 0 Å². The maximum absolute atomic E-state index is 13.1. The Morgan fingerprint density at radius 3 is 2.33 bits per heavy atom. The van der Waals surface area contributed by atoms with Gasteiger partial charge in [0.15, 0.2) is 5.78 Å². The number of aliphatic hydroxyl groups excluding tert-OH is 2. The maximum atomic E-state index is 13.1. The molecule has 0 aliphatic heterocycles. The van der Waals surface area contributed by atoms with E-state index in [0.717, 1.165) is 0 Å². The maximum Gasteiger partial charge on any atom is 0.313 e. The number of ether oxygens (including phenoxy) is 1. The highest BCUT2D eigenvalue weighted by Crippen LogP contribution is 2.29. The minimum Gasteiger partial charge on any atom is -0.466 e. The molecule has 0 bridgehead atoms. The average Bonchev–Trinajstić information content (AvgIpc) is 2.56. The minimum atomic E-state index is -0.756. The van der Waals surface area contributed by atoms with E-state index in [4.69, 9.17) is 4.74 Å². The summed E-state index contributed by atoms with van der Waals surface area (Å²) >= 11 is 0. The Morgan fingerprint density at radius 1 is 1.21 bits per heavy atom. The van der Waals surface area contributed by atoms with Gasteiger partial charge in [-0.1, -0.05) is 19.1 Å². The lowest BCUT2D eigenvalue weighted by atomic mass is 9.82. The Balaban J connectivity index is 3.00. The summed E-state index contributed by atoms with van der Waals surface area (Å²) in [6.45, 7) is 3.33. The van der Waals surface area contributed by atoms with E-state index in [9.17, 15) is 24.2 Å². The Hall–Kier alpha value is -1.79. The Bertz CT molecular complexity index is 529. The number of hydrogen-bond acceptors (Lipinski definition) is 5.